The van der Waals surface area contributed by atoms with Crippen LogP contribution in [0.25, 0.3) is 0 Å². The summed E-state index contributed by atoms with van der Waals surface area (Å²) in [6, 6.07) is 6.67. The van der Waals surface area contributed by atoms with Crippen molar-refractivity contribution in [2.45, 2.75) is 6.42 Å². The fourth-order valence-corrected chi connectivity index (χ4v) is 3.21. The minimum absolute atomic E-state index is 0.00144. The van der Waals surface area contributed by atoms with Gasteiger partial charge in [-0.05, 0) is 49.5 Å². The molecular weight excluding hydrogens is 254 g/mol. The Hall–Kier alpha value is -1.88. The lowest BCUT2D eigenvalue weighted by Crippen LogP contribution is -2.43. The van der Waals surface area contributed by atoms with Crippen LogP contribution >= 0.6 is 0 Å². The summed E-state index contributed by atoms with van der Waals surface area (Å²) in [6.45, 7) is 3.67. The third-order valence-corrected chi connectivity index (χ3v) is 4.39. The molecule has 2 amide bonds. The lowest BCUT2D eigenvalue weighted by atomic mass is 9.88. The summed E-state index contributed by atoms with van der Waals surface area (Å²) in [5.74, 6) is 0.764. The van der Waals surface area contributed by atoms with Crippen molar-refractivity contribution in [1.82, 2.24) is 10.2 Å². The first-order valence-corrected chi connectivity index (χ1v) is 7.05. The van der Waals surface area contributed by atoms with Crippen LogP contribution in [0.4, 0.5) is 0 Å². The monoisotopic (exact) mass is 273 g/mol. The minimum Gasteiger partial charge on any atom is -0.366 e. The topological polar surface area (TPSA) is 75.4 Å². The summed E-state index contributed by atoms with van der Waals surface area (Å²) in [6.07, 6.45) is 1.05. The number of fused-ring (bicyclic) bond motifs is 1. The van der Waals surface area contributed by atoms with Crippen molar-refractivity contribution in [1.29, 1.82) is 0 Å². The number of nitrogens with two attached hydrogens (primary N) is 1. The number of nitrogens with zero attached hydrogens (tertiary/aromatic N) is 1. The molecule has 2 atom stereocenters. The molecule has 0 radical (unpaired) electrons. The fourth-order valence-electron chi connectivity index (χ4n) is 3.21. The van der Waals surface area contributed by atoms with E-state index in [-0.39, 0.29) is 5.91 Å². The van der Waals surface area contributed by atoms with Crippen LogP contribution in [0.5, 0.6) is 0 Å². The molecule has 0 spiro atoms. The van der Waals surface area contributed by atoms with Crippen molar-refractivity contribution in [2.24, 2.45) is 17.6 Å². The van der Waals surface area contributed by atoms with E-state index >= 15 is 0 Å². The summed E-state index contributed by atoms with van der Waals surface area (Å²) >= 11 is 0. The highest BCUT2D eigenvalue weighted by Gasteiger charge is 2.34. The van der Waals surface area contributed by atoms with Gasteiger partial charge in [0.15, 0.2) is 0 Å². The van der Waals surface area contributed by atoms with Crippen molar-refractivity contribution < 1.29 is 9.59 Å². The summed E-state index contributed by atoms with van der Waals surface area (Å²) in [7, 11) is 0. The van der Waals surface area contributed by atoms with Gasteiger partial charge in [0.1, 0.15) is 0 Å². The second-order valence-corrected chi connectivity index (χ2v) is 5.66. The predicted molar refractivity (Wildman–Crippen MR) is 75.3 cm³/mol. The molecule has 2 saturated heterocycles. The van der Waals surface area contributed by atoms with Gasteiger partial charge in [-0.2, -0.15) is 0 Å². The van der Waals surface area contributed by atoms with Crippen LogP contribution in [0.2, 0.25) is 0 Å². The van der Waals surface area contributed by atoms with Crippen molar-refractivity contribution >= 4 is 11.8 Å². The van der Waals surface area contributed by atoms with Crippen LogP contribution in [0.15, 0.2) is 24.3 Å². The predicted octanol–water partition coefficient (Wildman–Crippen LogP) is 0.467. The van der Waals surface area contributed by atoms with Crippen molar-refractivity contribution in [2.75, 3.05) is 26.2 Å². The first-order valence-electron chi connectivity index (χ1n) is 7.05. The molecule has 106 valence electrons. The van der Waals surface area contributed by atoms with Crippen LogP contribution in [0.1, 0.15) is 27.1 Å². The first-order chi connectivity index (χ1) is 9.65. The van der Waals surface area contributed by atoms with Crippen LogP contribution in [-0.4, -0.2) is 42.9 Å². The van der Waals surface area contributed by atoms with Gasteiger partial charge in [0.05, 0.1) is 0 Å². The highest BCUT2D eigenvalue weighted by molar-refractivity contribution is 5.99. The van der Waals surface area contributed by atoms with Crippen molar-refractivity contribution in [3.8, 4) is 0 Å². The summed E-state index contributed by atoms with van der Waals surface area (Å²) < 4.78 is 0. The number of carbonyl (C=O) groups excluding carboxylic acids is 2. The van der Waals surface area contributed by atoms with Crippen LogP contribution in [0.3, 0.4) is 0 Å². The third kappa shape index (κ3) is 2.41. The fraction of sp³-hybridized carbons (Fsp3) is 0.467. The second kappa shape index (κ2) is 5.25. The van der Waals surface area contributed by atoms with Gasteiger partial charge in [-0.1, -0.05) is 6.07 Å². The van der Waals surface area contributed by atoms with Crippen molar-refractivity contribution in [3.63, 3.8) is 0 Å². The summed E-state index contributed by atoms with van der Waals surface area (Å²) in [5, 5.41) is 3.39. The lowest BCUT2D eigenvalue weighted by Gasteiger charge is -2.34. The molecule has 3 rings (SSSR count). The Bertz CT molecular complexity index is 544. The number of rotatable bonds is 2. The van der Waals surface area contributed by atoms with Gasteiger partial charge in [0.2, 0.25) is 5.91 Å². The molecule has 1 aromatic carbocycles. The third-order valence-electron chi connectivity index (χ3n) is 4.39. The molecule has 0 bridgehead atoms. The van der Waals surface area contributed by atoms with E-state index in [0.717, 1.165) is 32.6 Å². The number of amides is 2. The Balaban J connectivity index is 1.75. The molecule has 2 heterocycles. The van der Waals surface area contributed by atoms with Gasteiger partial charge in [-0.25, -0.2) is 0 Å². The molecule has 2 unspecified atom stereocenters. The zero-order valence-electron chi connectivity index (χ0n) is 11.3. The van der Waals surface area contributed by atoms with Gasteiger partial charge >= 0.3 is 0 Å². The van der Waals surface area contributed by atoms with Gasteiger partial charge < -0.3 is 16.0 Å². The number of hydrogen-bond donors (Lipinski definition) is 2. The number of hydrogen-bond acceptors (Lipinski definition) is 3. The number of nitrogens with one attached hydrogen (secondary N) is 1. The van der Waals surface area contributed by atoms with Crippen LogP contribution in [0, 0.1) is 11.8 Å². The Labute approximate surface area is 118 Å². The molecule has 2 aliphatic rings. The molecule has 2 fully saturated rings. The number of piperidine rings is 1. The van der Waals surface area contributed by atoms with Gasteiger partial charge in [-0.3, -0.25) is 9.59 Å². The smallest absolute Gasteiger partial charge is 0.253 e. The molecule has 0 aromatic heterocycles. The molecule has 20 heavy (non-hydrogen) atoms. The van der Waals surface area contributed by atoms with Crippen LogP contribution in [-0.2, 0) is 0 Å². The normalized spacial score (nSPS) is 25.3. The summed E-state index contributed by atoms with van der Waals surface area (Å²) in [5.41, 5.74) is 6.19. The molecule has 3 N–H and O–H groups in total. The molecule has 0 saturated carbocycles. The van der Waals surface area contributed by atoms with Gasteiger partial charge in [-0.15, -0.1) is 0 Å². The number of benzene rings is 1. The highest BCUT2D eigenvalue weighted by Crippen LogP contribution is 2.27. The maximum atomic E-state index is 12.5. The van der Waals surface area contributed by atoms with E-state index in [0.29, 0.717) is 23.0 Å². The Morgan fingerprint density at radius 3 is 2.75 bits per heavy atom. The van der Waals surface area contributed by atoms with E-state index < -0.39 is 5.91 Å². The maximum absolute atomic E-state index is 12.5. The Morgan fingerprint density at radius 2 is 1.95 bits per heavy atom. The zero-order chi connectivity index (χ0) is 14.1. The number of likely N-dealkylation sites (tertiary alicyclic amines) is 1. The Morgan fingerprint density at radius 1 is 1.20 bits per heavy atom. The van der Waals surface area contributed by atoms with E-state index in [1.165, 1.54) is 0 Å². The average Bonchev–Trinajstić information content (AvgIpc) is 2.94. The quantitative estimate of drug-likeness (QED) is 0.822. The standard InChI is InChI=1S/C15H19N3O2/c16-14(19)10-2-1-3-11(6-10)15(20)18-5-4-12-7-17-8-13(12)9-18/h1-3,6,12-13,17H,4-5,7-9H2,(H2,16,19). The van der Waals surface area contributed by atoms with E-state index in [1.54, 1.807) is 24.3 Å². The van der Waals surface area contributed by atoms with E-state index in [4.69, 9.17) is 5.73 Å². The summed E-state index contributed by atoms with van der Waals surface area (Å²) in [4.78, 5) is 25.6. The van der Waals surface area contributed by atoms with Crippen molar-refractivity contribution in [3.05, 3.63) is 35.4 Å². The molecular formula is C15H19N3O2. The largest absolute Gasteiger partial charge is 0.366 e. The molecule has 2 aliphatic heterocycles. The SMILES string of the molecule is NC(=O)c1cccc(C(=O)N2CCC3CNCC3C2)c1. The van der Waals surface area contributed by atoms with E-state index in [9.17, 15) is 9.59 Å². The van der Waals surface area contributed by atoms with E-state index in [1.807, 2.05) is 4.90 Å². The second-order valence-electron chi connectivity index (χ2n) is 5.66. The Kier molecular flexibility index (Phi) is 3.44. The van der Waals surface area contributed by atoms with Gasteiger partial charge in [0.25, 0.3) is 5.91 Å². The number of carbonyl (C=O) groups is 2. The average molecular weight is 273 g/mol. The molecule has 5 nitrogen and oxygen atoms in total. The molecule has 1 aromatic rings. The molecule has 5 heteroatoms. The maximum Gasteiger partial charge on any atom is 0.253 e. The zero-order valence-corrected chi connectivity index (χ0v) is 11.3. The molecule has 0 aliphatic carbocycles. The van der Waals surface area contributed by atoms with Gasteiger partial charge in [0, 0.05) is 24.2 Å². The highest BCUT2D eigenvalue weighted by atomic mass is 16.2. The lowest BCUT2D eigenvalue weighted by molar-refractivity contribution is 0.0642. The van der Waals surface area contributed by atoms with Crippen LogP contribution < -0.4 is 11.1 Å². The first kappa shape index (κ1) is 13.1. The number of primary amides is 1. The minimum atomic E-state index is -0.502. The van der Waals surface area contributed by atoms with E-state index in [2.05, 4.69) is 5.32 Å².